The zero-order valence-electron chi connectivity index (χ0n) is 35.3. The molecule has 0 radical (unpaired) electrons. The second kappa shape index (κ2) is 15.6. The molecule has 1 nitrogen and oxygen atoms in total. The molecule has 0 spiro atoms. The van der Waals surface area contributed by atoms with Crippen LogP contribution in [0.2, 0.25) is 0 Å². The van der Waals surface area contributed by atoms with Crippen LogP contribution in [0, 0.1) is 0 Å². The number of hydrogen-bond acceptors (Lipinski definition) is 1. The van der Waals surface area contributed by atoms with Gasteiger partial charge in [0.05, 0.1) is 11.1 Å². The van der Waals surface area contributed by atoms with Gasteiger partial charge >= 0.3 is 0 Å². The third-order valence-electron chi connectivity index (χ3n) is 13.4. The van der Waals surface area contributed by atoms with Gasteiger partial charge in [0.1, 0.15) is 0 Å². The molecule has 0 saturated heterocycles. The van der Waals surface area contributed by atoms with Crippen molar-refractivity contribution in [2.45, 2.75) is 5.41 Å². The van der Waals surface area contributed by atoms with Gasteiger partial charge in [-0.05, 0) is 119 Å². The van der Waals surface area contributed by atoms with Crippen molar-refractivity contribution in [3.8, 4) is 44.5 Å². The van der Waals surface area contributed by atoms with Crippen molar-refractivity contribution in [3.05, 3.63) is 283 Å². The molecule has 12 rings (SSSR count). The summed E-state index contributed by atoms with van der Waals surface area (Å²) in [5, 5.41) is 5.07. The van der Waals surface area contributed by atoms with E-state index in [9.17, 15) is 0 Å². The Morgan fingerprint density at radius 2 is 0.734 bits per heavy atom. The van der Waals surface area contributed by atoms with Crippen molar-refractivity contribution in [2.75, 3.05) is 4.90 Å². The lowest BCUT2D eigenvalue weighted by Gasteiger charge is -2.34. The number of hydrogen-bond donors (Lipinski definition) is 0. The summed E-state index contributed by atoms with van der Waals surface area (Å²) in [6, 6.07) is 95.8. The van der Waals surface area contributed by atoms with Gasteiger partial charge in [-0.2, -0.15) is 0 Å². The first-order valence-corrected chi connectivity index (χ1v) is 22.2. The highest BCUT2D eigenvalue weighted by atomic mass is 15.1. The summed E-state index contributed by atoms with van der Waals surface area (Å²) >= 11 is 0. The fraction of sp³-hybridized carbons (Fsp3) is 0.0159. The molecule has 300 valence electrons. The second-order valence-corrected chi connectivity index (χ2v) is 16.8. The van der Waals surface area contributed by atoms with Gasteiger partial charge in [-0.3, -0.25) is 0 Å². The molecule has 0 heterocycles. The highest BCUT2D eigenvalue weighted by Gasteiger charge is 2.47. The zero-order valence-corrected chi connectivity index (χ0v) is 35.3. The van der Waals surface area contributed by atoms with E-state index in [2.05, 4.69) is 266 Å². The monoisotopic (exact) mass is 813 g/mol. The van der Waals surface area contributed by atoms with E-state index in [4.69, 9.17) is 0 Å². The van der Waals surface area contributed by atoms with Crippen molar-refractivity contribution in [2.24, 2.45) is 0 Å². The predicted molar refractivity (Wildman–Crippen MR) is 270 cm³/mol. The summed E-state index contributed by atoms with van der Waals surface area (Å²) in [5.41, 5.74) is 17.6. The van der Waals surface area contributed by atoms with Crippen LogP contribution in [-0.2, 0) is 5.41 Å². The number of rotatable bonds is 8. The minimum atomic E-state index is -0.503. The maximum Gasteiger partial charge on any atom is 0.0714 e. The van der Waals surface area contributed by atoms with Crippen LogP contribution in [0.3, 0.4) is 0 Å². The van der Waals surface area contributed by atoms with Gasteiger partial charge in [0.2, 0.25) is 0 Å². The quantitative estimate of drug-likeness (QED) is 0.138. The highest BCUT2D eigenvalue weighted by Crippen LogP contribution is 2.59. The summed E-state index contributed by atoms with van der Waals surface area (Å²) in [6.07, 6.45) is 0. The molecule has 0 N–H and O–H groups in total. The second-order valence-electron chi connectivity index (χ2n) is 16.8. The Hall–Kier alpha value is -8.26. The van der Waals surface area contributed by atoms with Gasteiger partial charge in [0, 0.05) is 16.9 Å². The summed E-state index contributed by atoms with van der Waals surface area (Å²) in [7, 11) is 0. The first kappa shape index (κ1) is 37.5. The third kappa shape index (κ3) is 6.16. The largest absolute Gasteiger partial charge is 0.310 e. The van der Waals surface area contributed by atoms with Gasteiger partial charge in [-0.25, -0.2) is 0 Å². The molecule has 0 amide bonds. The van der Waals surface area contributed by atoms with Crippen LogP contribution >= 0.6 is 0 Å². The molecule has 1 aliphatic rings. The van der Waals surface area contributed by atoms with Gasteiger partial charge in [0.25, 0.3) is 0 Å². The van der Waals surface area contributed by atoms with Crippen LogP contribution in [0.25, 0.3) is 66.1 Å². The van der Waals surface area contributed by atoms with Gasteiger partial charge in [0.15, 0.2) is 0 Å². The van der Waals surface area contributed by atoms with E-state index in [1.165, 1.54) is 88.3 Å². The molecule has 1 heteroatoms. The molecular formula is C63H43N. The van der Waals surface area contributed by atoms with Crippen LogP contribution in [0.1, 0.15) is 22.3 Å². The lowest BCUT2D eigenvalue weighted by atomic mass is 9.68. The summed E-state index contributed by atoms with van der Waals surface area (Å²) in [4.78, 5) is 2.46. The van der Waals surface area contributed by atoms with Crippen molar-refractivity contribution in [1.82, 2.24) is 0 Å². The normalized spacial score (nSPS) is 12.5. The molecule has 1 aliphatic carbocycles. The fourth-order valence-electron chi connectivity index (χ4n) is 10.4. The first-order chi connectivity index (χ1) is 31.7. The van der Waals surface area contributed by atoms with Crippen LogP contribution in [-0.4, -0.2) is 0 Å². The van der Waals surface area contributed by atoms with Crippen molar-refractivity contribution < 1.29 is 0 Å². The lowest BCUT2D eigenvalue weighted by molar-refractivity contribution is 0.768. The van der Waals surface area contributed by atoms with Gasteiger partial charge < -0.3 is 4.90 Å². The first-order valence-electron chi connectivity index (χ1n) is 22.2. The zero-order chi connectivity index (χ0) is 42.5. The minimum absolute atomic E-state index is 0.503. The van der Waals surface area contributed by atoms with Crippen LogP contribution in [0.15, 0.2) is 261 Å². The molecular weight excluding hydrogens is 771 g/mol. The van der Waals surface area contributed by atoms with Crippen molar-refractivity contribution in [1.29, 1.82) is 0 Å². The maximum atomic E-state index is 2.46. The molecule has 0 fully saturated rings. The van der Waals surface area contributed by atoms with E-state index < -0.39 is 5.41 Å². The maximum absolute atomic E-state index is 2.46. The lowest BCUT2D eigenvalue weighted by Crippen LogP contribution is -2.28. The Labute approximate surface area is 374 Å². The van der Waals surface area contributed by atoms with Gasteiger partial charge in [-0.15, -0.1) is 0 Å². The van der Waals surface area contributed by atoms with E-state index in [-0.39, 0.29) is 0 Å². The molecule has 0 saturated carbocycles. The molecule has 0 aliphatic heterocycles. The molecule has 64 heavy (non-hydrogen) atoms. The van der Waals surface area contributed by atoms with E-state index in [0.29, 0.717) is 0 Å². The minimum Gasteiger partial charge on any atom is -0.310 e. The average molecular weight is 814 g/mol. The molecule has 11 aromatic rings. The Balaban J connectivity index is 1.01. The Kier molecular flexibility index (Phi) is 9.13. The van der Waals surface area contributed by atoms with E-state index in [0.717, 1.165) is 17.1 Å². The Bertz CT molecular complexity index is 3410. The molecule has 0 unspecified atom stereocenters. The van der Waals surface area contributed by atoms with Crippen LogP contribution in [0.4, 0.5) is 17.1 Å². The van der Waals surface area contributed by atoms with E-state index in [1.807, 2.05) is 0 Å². The third-order valence-corrected chi connectivity index (χ3v) is 13.4. The Morgan fingerprint density at radius 1 is 0.281 bits per heavy atom. The number of anilines is 3. The SMILES string of the molecule is c1ccc(-c2ccc(-c3ccc(N(c4ccc(-c5ccc6c(ccc7ccccc76)c5)cc4)c4cccc5c4-c4ccccc4C5(c4ccccc4)c4ccccc4)cc3)cc2)cc1. The van der Waals surface area contributed by atoms with Crippen LogP contribution < -0.4 is 4.90 Å². The summed E-state index contributed by atoms with van der Waals surface area (Å²) < 4.78 is 0. The van der Waals surface area contributed by atoms with Crippen molar-refractivity contribution in [3.63, 3.8) is 0 Å². The summed E-state index contributed by atoms with van der Waals surface area (Å²) in [6.45, 7) is 0. The van der Waals surface area contributed by atoms with E-state index in [1.54, 1.807) is 0 Å². The molecule has 0 bridgehead atoms. The van der Waals surface area contributed by atoms with Crippen molar-refractivity contribution >= 4 is 38.6 Å². The standard InChI is InChI=1S/C63H43N/c1-4-15-44(16-5-1)45-27-29-46(30-28-45)47-33-38-54(39-34-47)64(55-40-35-48(36-41-55)50-37-42-57-51(43-50)32-31-49-17-10-11-22-56(49)57)61-26-14-25-60-62(61)58-23-12-13-24-59(58)63(60,52-18-6-2-7-19-52)53-20-8-3-9-21-53/h1-43H. The molecule has 0 aromatic heterocycles. The number of nitrogens with zero attached hydrogens (tertiary/aromatic N) is 1. The predicted octanol–water partition coefficient (Wildman–Crippen LogP) is 16.8. The summed E-state index contributed by atoms with van der Waals surface area (Å²) in [5.74, 6) is 0. The fourth-order valence-corrected chi connectivity index (χ4v) is 10.4. The average Bonchev–Trinajstić information content (AvgIpc) is 3.69. The van der Waals surface area contributed by atoms with Gasteiger partial charge in [-0.1, -0.05) is 224 Å². The number of benzene rings is 11. The number of fused-ring (bicyclic) bond motifs is 6. The van der Waals surface area contributed by atoms with Crippen LogP contribution in [0.5, 0.6) is 0 Å². The molecule has 11 aromatic carbocycles. The topological polar surface area (TPSA) is 3.24 Å². The van der Waals surface area contributed by atoms with E-state index >= 15 is 0 Å². The molecule has 0 atom stereocenters. The Morgan fingerprint density at radius 3 is 1.38 bits per heavy atom. The smallest absolute Gasteiger partial charge is 0.0714 e. The highest BCUT2D eigenvalue weighted by molar-refractivity contribution is 6.08.